The van der Waals surface area contributed by atoms with Crippen molar-refractivity contribution >= 4 is 10.8 Å². The van der Waals surface area contributed by atoms with Crippen LogP contribution >= 0.6 is 0 Å². The highest BCUT2D eigenvalue weighted by molar-refractivity contribution is 5.91. The van der Waals surface area contributed by atoms with Crippen molar-refractivity contribution in [3.63, 3.8) is 0 Å². The molecule has 0 saturated heterocycles. The summed E-state index contributed by atoms with van der Waals surface area (Å²) in [6.07, 6.45) is 3.43. The maximum atomic E-state index is 2.28. The van der Waals surface area contributed by atoms with Crippen LogP contribution in [0.5, 0.6) is 0 Å². The molecular formula is C17H22. The molecule has 0 fully saturated rings. The summed E-state index contributed by atoms with van der Waals surface area (Å²) in [6.45, 7) is 9.10. The van der Waals surface area contributed by atoms with Crippen LogP contribution in [0.2, 0.25) is 0 Å². The zero-order chi connectivity index (χ0) is 12.4. The lowest BCUT2D eigenvalue weighted by Crippen LogP contribution is -2.02. The zero-order valence-electron chi connectivity index (χ0n) is 11.4. The van der Waals surface area contributed by atoms with Gasteiger partial charge in [-0.05, 0) is 59.2 Å². The Hall–Kier alpha value is -1.30. The minimum Gasteiger partial charge on any atom is -0.0616 e. The van der Waals surface area contributed by atoms with E-state index in [0.29, 0.717) is 0 Å². The molecule has 90 valence electrons. The van der Waals surface area contributed by atoms with E-state index >= 15 is 0 Å². The topological polar surface area (TPSA) is 0 Å². The third kappa shape index (κ3) is 1.86. The van der Waals surface area contributed by atoms with Crippen LogP contribution in [0.15, 0.2) is 24.3 Å². The van der Waals surface area contributed by atoms with Crippen LogP contribution in [0.3, 0.4) is 0 Å². The van der Waals surface area contributed by atoms with E-state index < -0.39 is 0 Å². The second kappa shape index (κ2) is 4.91. The Kier molecular flexibility index (Phi) is 3.51. The van der Waals surface area contributed by atoms with E-state index in [9.17, 15) is 0 Å². The van der Waals surface area contributed by atoms with E-state index in [1.165, 1.54) is 16.3 Å². The fourth-order valence-electron chi connectivity index (χ4n) is 3.12. The van der Waals surface area contributed by atoms with Gasteiger partial charge < -0.3 is 0 Å². The smallest absolute Gasteiger partial charge is 0.0146 e. The lowest BCUT2D eigenvalue weighted by Gasteiger charge is -2.18. The van der Waals surface area contributed by atoms with Gasteiger partial charge in [-0.15, -0.1) is 0 Å². The summed E-state index contributed by atoms with van der Waals surface area (Å²) in [5.41, 5.74) is 6.21. The Morgan fingerprint density at radius 2 is 1.24 bits per heavy atom. The molecular weight excluding hydrogens is 204 g/mol. The SMILES string of the molecule is CCc1c(CC)c(CC)c2ccccc2c1C. The average molecular weight is 226 g/mol. The molecule has 2 aromatic rings. The predicted molar refractivity (Wildman–Crippen MR) is 76.8 cm³/mol. The van der Waals surface area contributed by atoms with Crippen molar-refractivity contribution in [2.45, 2.75) is 47.0 Å². The van der Waals surface area contributed by atoms with Crippen LogP contribution in [0, 0.1) is 6.92 Å². The second-order valence-corrected chi connectivity index (χ2v) is 4.67. The van der Waals surface area contributed by atoms with Gasteiger partial charge in [-0.25, -0.2) is 0 Å². The molecule has 2 rings (SSSR count). The van der Waals surface area contributed by atoms with Gasteiger partial charge in [0.2, 0.25) is 0 Å². The van der Waals surface area contributed by atoms with Gasteiger partial charge in [0.15, 0.2) is 0 Å². The number of benzene rings is 2. The summed E-state index contributed by atoms with van der Waals surface area (Å²) < 4.78 is 0. The van der Waals surface area contributed by atoms with Crippen molar-refractivity contribution in [3.8, 4) is 0 Å². The van der Waals surface area contributed by atoms with Gasteiger partial charge in [-0.3, -0.25) is 0 Å². The first kappa shape index (κ1) is 12.2. The Labute approximate surface area is 105 Å². The van der Waals surface area contributed by atoms with Crippen LogP contribution in [0.4, 0.5) is 0 Å². The van der Waals surface area contributed by atoms with Crippen LogP contribution < -0.4 is 0 Å². The van der Waals surface area contributed by atoms with Crippen LogP contribution in [-0.4, -0.2) is 0 Å². The summed E-state index contributed by atoms with van der Waals surface area (Å²) in [7, 11) is 0. The molecule has 0 aromatic heterocycles. The standard InChI is InChI=1S/C17H22/c1-5-13-12(4)16-10-8-9-11-17(16)15(7-3)14(13)6-2/h8-11H,5-7H2,1-4H3. The largest absolute Gasteiger partial charge is 0.0616 e. The summed E-state index contributed by atoms with van der Waals surface area (Å²) in [6, 6.07) is 8.86. The molecule has 0 aliphatic heterocycles. The van der Waals surface area contributed by atoms with Crippen molar-refractivity contribution in [2.24, 2.45) is 0 Å². The molecule has 0 nitrogen and oxygen atoms in total. The monoisotopic (exact) mass is 226 g/mol. The third-order valence-electron chi connectivity index (χ3n) is 3.90. The maximum Gasteiger partial charge on any atom is -0.0146 e. The molecule has 0 heteroatoms. The van der Waals surface area contributed by atoms with Crippen molar-refractivity contribution in [1.82, 2.24) is 0 Å². The Morgan fingerprint density at radius 3 is 1.76 bits per heavy atom. The van der Waals surface area contributed by atoms with Gasteiger partial charge in [0.05, 0.1) is 0 Å². The predicted octanol–water partition coefficient (Wildman–Crippen LogP) is 4.84. The molecule has 0 unspecified atom stereocenters. The number of fused-ring (bicyclic) bond motifs is 1. The Balaban J connectivity index is 2.93. The molecule has 0 aliphatic rings. The highest BCUT2D eigenvalue weighted by atomic mass is 14.2. The Morgan fingerprint density at radius 1 is 0.706 bits per heavy atom. The lowest BCUT2D eigenvalue weighted by atomic mass is 9.86. The lowest BCUT2D eigenvalue weighted by molar-refractivity contribution is 0.982. The summed E-state index contributed by atoms with van der Waals surface area (Å²) in [5.74, 6) is 0. The number of hydrogen-bond acceptors (Lipinski definition) is 0. The number of rotatable bonds is 3. The summed E-state index contributed by atoms with van der Waals surface area (Å²) in [5, 5.41) is 2.90. The number of hydrogen-bond donors (Lipinski definition) is 0. The maximum absolute atomic E-state index is 2.28. The van der Waals surface area contributed by atoms with E-state index in [4.69, 9.17) is 0 Å². The van der Waals surface area contributed by atoms with Gasteiger partial charge in [0, 0.05) is 0 Å². The highest BCUT2D eigenvalue weighted by Gasteiger charge is 2.13. The molecule has 0 heterocycles. The third-order valence-corrected chi connectivity index (χ3v) is 3.90. The molecule has 2 aromatic carbocycles. The van der Waals surface area contributed by atoms with E-state index in [1.54, 1.807) is 16.7 Å². The average Bonchev–Trinajstić information content (AvgIpc) is 2.38. The summed E-state index contributed by atoms with van der Waals surface area (Å²) >= 11 is 0. The molecule has 0 radical (unpaired) electrons. The van der Waals surface area contributed by atoms with E-state index in [2.05, 4.69) is 52.0 Å². The zero-order valence-corrected chi connectivity index (χ0v) is 11.4. The Bertz CT molecular complexity index is 535. The normalized spacial score (nSPS) is 11.1. The van der Waals surface area contributed by atoms with Gasteiger partial charge >= 0.3 is 0 Å². The minimum absolute atomic E-state index is 1.14. The van der Waals surface area contributed by atoms with Crippen LogP contribution in [0.25, 0.3) is 10.8 Å². The molecule has 0 spiro atoms. The van der Waals surface area contributed by atoms with Crippen molar-refractivity contribution in [2.75, 3.05) is 0 Å². The molecule has 0 N–H and O–H groups in total. The van der Waals surface area contributed by atoms with E-state index in [0.717, 1.165) is 19.3 Å². The molecule has 0 amide bonds. The van der Waals surface area contributed by atoms with Crippen molar-refractivity contribution in [1.29, 1.82) is 0 Å². The fraction of sp³-hybridized carbons (Fsp3) is 0.412. The molecule has 0 aliphatic carbocycles. The van der Waals surface area contributed by atoms with Gasteiger partial charge in [-0.1, -0.05) is 45.0 Å². The van der Waals surface area contributed by atoms with E-state index in [-0.39, 0.29) is 0 Å². The molecule has 0 bridgehead atoms. The van der Waals surface area contributed by atoms with Gasteiger partial charge in [0.25, 0.3) is 0 Å². The van der Waals surface area contributed by atoms with Crippen molar-refractivity contribution < 1.29 is 0 Å². The number of aryl methyl sites for hydroxylation is 2. The van der Waals surface area contributed by atoms with Gasteiger partial charge in [0.1, 0.15) is 0 Å². The second-order valence-electron chi connectivity index (χ2n) is 4.67. The first-order chi connectivity index (χ1) is 8.24. The summed E-state index contributed by atoms with van der Waals surface area (Å²) in [4.78, 5) is 0. The molecule has 0 atom stereocenters. The first-order valence-electron chi connectivity index (χ1n) is 6.76. The highest BCUT2D eigenvalue weighted by Crippen LogP contribution is 2.31. The van der Waals surface area contributed by atoms with Crippen LogP contribution in [0.1, 0.15) is 43.0 Å². The quantitative estimate of drug-likeness (QED) is 0.703. The molecule has 0 saturated carbocycles. The molecule has 17 heavy (non-hydrogen) atoms. The van der Waals surface area contributed by atoms with Crippen LogP contribution in [-0.2, 0) is 19.3 Å². The van der Waals surface area contributed by atoms with Gasteiger partial charge in [-0.2, -0.15) is 0 Å². The minimum atomic E-state index is 1.14. The van der Waals surface area contributed by atoms with E-state index in [1.807, 2.05) is 0 Å². The van der Waals surface area contributed by atoms with Crippen molar-refractivity contribution in [3.05, 3.63) is 46.5 Å². The first-order valence-corrected chi connectivity index (χ1v) is 6.76. The fourth-order valence-corrected chi connectivity index (χ4v) is 3.12.